The summed E-state index contributed by atoms with van der Waals surface area (Å²) in [7, 11) is 2.51. The van der Waals surface area contributed by atoms with Crippen LogP contribution in [0.15, 0.2) is 35.3 Å². The number of aliphatic hydroxyl groups excluding tert-OH is 1. The van der Waals surface area contributed by atoms with Gasteiger partial charge in [0.25, 0.3) is 0 Å². The number of aliphatic hydroxyl groups is 1. The molecule has 1 aromatic carbocycles. The van der Waals surface area contributed by atoms with Gasteiger partial charge >= 0.3 is 0 Å². The minimum absolute atomic E-state index is 0.0957. The summed E-state index contributed by atoms with van der Waals surface area (Å²) in [5.74, 6) is -2.08. The summed E-state index contributed by atoms with van der Waals surface area (Å²) < 4.78 is 44.1. The van der Waals surface area contributed by atoms with Crippen molar-refractivity contribution in [3.63, 3.8) is 0 Å². The molecule has 2 aromatic rings. The number of nitrogens with one attached hydrogen (secondary N) is 1. The molecule has 0 spiro atoms. The Bertz CT molecular complexity index is 1050. The second-order valence-corrected chi connectivity index (χ2v) is 7.09. The van der Waals surface area contributed by atoms with Crippen molar-refractivity contribution in [3.05, 3.63) is 47.6 Å². The maximum atomic E-state index is 14.4. The molecule has 1 aliphatic heterocycles. The normalized spacial score (nSPS) is 14.1. The van der Waals surface area contributed by atoms with E-state index in [2.05, 4.69) is 20.3 Å². The summed E-state index contributed by atoms with van der Waals surface area (Å²) in [5, 5.41) is 12.0. The topological polar surface area (TPSA) is 144 Å². The lowest BCUT2D eigenvalue weighted by molar-refractivity contribution is -0.139. The fourth-order valence-electron chi connectivity index (χ4n) is 2.90. The number of hydrogen-bond acceptors (Lipinski definition) is 10. The van der Waals surface area contributed by atoms with Crippen LogP contribution < -0.4 is 25.3 Å². The second-order valence-electron chi connectivity index (χ2n) is 7.09. The van der Waals surface area contributed by atoms with Crippen LogP contribution in [0, 0.1) is 11.6 Å². The molecule has 0 unspecified atom stereocenters. The summed E-state index contributed by atoms with van der Waals surface area (Å²) in [6.45, 7) is 0.0593. The standard InChI is InChI=1S/C21H24F2N6O5/c1-32-16-3-17(33-2)20(23)15(19(16)22)11-34-14-6-26-21(27-7-14)28-12(4-24)5-25-8-18(31)29-9-13(30)10-29/h3-7,13,30H,8-11,24H2,1-2H3,(H,26,27,28). The molecule has 182 valence electrons. The van der Waals surface area contributed by atoms with Crippen LogP contribution in [0.3, 0.4) is 0 Å². The van der Waals surface area contributed by atoms with E-state index < -0.39 is 24.3 Å². The van der Waals surface area contributed by atoms with Gasteiger partial charge in [-0.1, -0.05) is 0 Å². The molecule has 0 aliphatic carbocycles. The minimum atomic E-state index is -0.902. The van der Waals surface area contributed by atoms with Crippen molar-refractivity contribution in [2.75, 3.05) is 39.2 Å². The lowest BCUT2D eigenvalue weighted by Crippen LogP contribution is -2.54. The maximum Gasteiger partial charge on any atom is 0.244 e. The average Bonchev–Trinajstić information content (AvgIpc) is 2.82. The number of rotatable bonds is 10. The zero-order valence-electron chi connectivity index (χ0n) is 18.5. The first-order valence-corrected chi connectivity index (χ1v) is 10.0. The van der Waals surface area contributed by atoms with E-state index in [1.165, 1.54) is 43.9 Å². The zero-order chi connectivity index (χ0) is 24.7. The Morgan fingerprint density at radius 1 is 1.26 bits per heavy atom. The van der Waals surface area contributed by atoms with Crippen LogP contribution in [0.2, 0.25) is 0 Å². The monoisotopic (exact) mass is 478 g/mol. The number of benzene rings is 1. The molecule has 34 heavy (non-hydrogen) atoms. The molecule has 0 bridgehead atoms. The van der Waals surface area contributed by atoms with Crippen LogP contribution in [0.1, 0.15) is 5.56 Å². The van der Waals surface area contributed by atoms with E-state index in [1.54, 1.807) is 0 Å². The quantitative estimate of drug-likeness (QED) is 0.423. The van der Waals surface area contributed by atoms with Crippen molar-refractivity contribution in [3.8, 4) is 17.2 Å². The zero-order valence-corrected chi connectivity index (χ0v) is 18.5. The molecule has 3 rings (SSSR count). The number of hydrogen-bond donors (Lipinski definition) is 3. The van der Waals surface area contributed by atoms with Gasteiger partial charge in [0, 0.05) is 31.6 Å². The van der Waals surface area contributed by atoms with Crippen molar-refractivity contribution in [1.29, 1.82) is 0 Å². The van der Waals surface area contributed by atoms with Crippen molar-refractivity contribution in [2.24, 2.45) is 10.7 Å². The van der Waals surface area contributed by atoms with Gasteiger partial charge in [-0.05, 0) is 0 Å². The van der Waals surface area contributed by atoms with Crippen LogP contribution in [-0.4, -0.2) is 72.1 Å². The Morgan fingerprint density at radius 2 is 1.88 bits per heavy atom. The average molecular weight is 478 g/mol. The van der Waals surface area contributed by atoms with E-state index >= 15 is 0 Å². The van der Waals surface area contributed by atoms with Gasteiger partial charge in [0.2, 0.25) is 11.9 Å². The van der Waals surface area contributed by atoms with E-state index in [0.29, 0.717) is 18.8 Å². The number of nitrogens with zero attached hydrogens (tertiary/aromatic N) is 4. The molecule has 11 nitrogen and oxygen atoms in total. The molecule has 1 aliphatic rings. The smallest absolute Gasteiger partial charge is 0.244 e. The third-order valence-corrected chi connectivity index (χ3v) is 4.78. The Morgan fingerprint density at radius 3 is 2.41 bits per heavy atom. The van der Waals surface area contributed by atoms with Crippen LogP contribution in [-0.2, 0) is 11.4 Å². The lowest BCUT2D eigenvalue weighted by atomic mass is 10.1. The van der Waals surface area contributed by atoms with E-state index in [-0.39, 0.29) is 41.2 Å². The van der Waals surface area contributed by atoms with Crippen LogP contribution in [0.25, 0.3) is 0 Å². The summed E-state index contributed by atoms with van der Waals surface area (Å²) in [5.41, 5.74) is 5.52. The fourth-order valence-corrected chi connectivity index (χ4v) is 2.90. The number of nitrogens with two attached hydrogens (primary N) is 1. The molecule has 1 saturated heterocycles. The first-order chi connectivity index (χ1) is 16.4. The number of aliphatic imine (C=N–C) groups is 1. The Labute approximate surface area is 193 Å². The number of ether oxygens (including phenoxy) is 3. The molecule has 0 saturated carbocycles. The molecule has 2 heterocycles. The SMILES string of the molecule is COc1cc(OC)c(F)c(COc2cnc(NC(C=NCC(=O)N3CC(O)C3)=CN)nc2)c1F. The van der Waals surface area contributed by atoms with E-state index in [9.17, 15) is 18.7 Å². The van der Waals surface area contributed by atoms with E-state index in [0.717, 1.165) is 6.07 Å². The summed E-state index contributed by atoms with van der Waals surface area (Å²) >= 11 is 0. The van der Waals surface area contributed by atoms with Gasteiger partial charge in [-0.15, -0.1) is 0 Å². The first-order valence-electron chi connectivity index (χ1n) is 10.0. The highest BCUT2D eigenvalue weighted by molar-refractivity contribution is 5.86. The van der Waals surface area contributed by atoms with Crippen molar-refractivity contribution >= 4 is 18.1 Å². The highest BCUT2D eigenvalue weighted by Gasteiger charge is 2.28. The Balaban J connectivity index is 1.57. The van der Waals surface area contributed by atoms with Crippen molar-refractivity contribution in [2.45, 2.75) is 12.7 Å². The summed E-state index contributed by atoms with van der Waals surface area (Å²) in [6.07, 6.45) is 4.69. The van der Waals surface area contributed by atoms with Gasteiger partial charge in [-0.2, -0.15) is 0 Å². The minimum Gasteiger partial charge on any atom is -0.494 e. The number of anilines is 1. The molecular weight excluding hydrogens is 454 g/mol. The van der Waals surface area contributed by atoms with Gasteiger partial charge in [-0.3, -0.25) is 9.79 Å². The maximum absolute atomic E-state index is 14.4. The third kappa shape index (κ3) is 5.86. The van der Waals surface area contributed by atoms with Crippen LogP contribution in [0.4, 0.5) is 14.7 Å². The molecule has 1 amide bonds. The summed E-state index contributed by atoms with van der Waals surface area (Å²) in [6, 6.07) is 1.11. The molecule has 0 atom stereocenters. The number of allylic oxidation sites excluding steroid dienone is 1. The van der Waals surface area contributed by atoms with Gasteiger partial charge in [0.05, 0.1) is 44.0 Å². The number of β-amino-alcohol motifs (C(OH)–C–C–N with tert-alkyl or cyclic N) is 1. The molecule has 4 N–H and O–H groups in total. The fraction of sp³-hybridized carbons (Fsp3) is 0.333. The third-order valence-electron chi connectivity index (χ3n) is 4.78. The second kappa shape index (κ2) is 11.2. The van der Waals surface area contributed by atoms with E-state index in [4.69, 9.17) is 19.9 Å². The highest BCUT2D eigenvalue weighted by atomic mass is 19.1. The lowest BCUT2D eigenvalue weighted by Gasteiger charge is -2.35. The predicted molar refractivity (Wildman–Crippen MR) is 118 cm³/mol. The van der Waals surface area contributed by atoms with Crippen LogP contribution in [0.5, 0.6) is 17.2 Å². The molecule has 1 fully saturated rings. The van der Waals surface area contributed by atoms with Gasteiger partial charge in [0.1, 0.15) is 13.2 Å². The largest absolute Gasteiger partial charge is 0.494 e. The highest BCUT2D eigenvalue weighted by Crippen LogP contribution is 2.31. The molecule has 0 radical (unpaired) electrons. The Hall–Kier alpha value is -4.00. The predicted octanol–water partition coefficient (Wildman–Crippen LogP) is 0.837. The van der Waals surface area contributed by atoms with Gasteiger partial charge < -0.3 is 35.3 Å². The van der Waals surface area contributed by atoms with Crippen LogP contribution >= 0.6 is 0 Å². The molecule has 13 heteroatoms. The molecular formula is C21H24F2N6O5. The number of amides is 1. The van der Waals surface area contributed by atoms with Crippen molar-refractivity contribution in [1.82, 2.24) is 14.9 Å². The number of likely N-dealkylation sites (tertiary alicyclic amines) is 1. The molecule has 1 aromatic heterocycles. The number of aromatic nitrogens is 2. The van der Waals surface area contributed by atoms with Crippen molar-refractivity contribution < 1.29 is 32.9 Å². The van der Waals surface area contributed by atoms with E-state index in [1.807, 2.05) is 0 Å². The van der Waals surface area contributed by atoms with Gasteiger partial charge in [0.15, 0.2) is 28.9 Å². The first kappa shape index (κ1) is 24.6. The number of carbonyl (C=O) groups excluding carboxylic acids is 1. The van der Waals surface area contributed by atoms with Gasteiger partial charge in [-0.25, -0.2) is 18.7 Å². The number of carbonyl (C=O) groups is 1. The number of halogens is 2. The Kier molecular flexibility index (Phi) is 8.14. The summed E-state index contributed by atoms with van der Waals surface area (Å²) in [4.78, 5) is 25.4. The number of methoxy groups -OCH3 is 2.